The van der Waals surface area contributed by atoms with Crippen LogP contribution in [0.5, 0.6) is 0 Å². The van der Waals surface area contributed by atoms with Gasteiger partial charge in [0.25, 0.3) is 0 Å². The van der Waals surface area contributed by atoms with E-state index in [-0.39, 0.29) is 39.6 Å². The van der Waals surface area contributed by atoms with Gasteiger partial charge in [-0.25, -0.2) is 0 Å². The van der Waals surface area contributed by atoms with Crippen molar-refractivity contribution in [3.63, 3.8) is 0 Å². The molecular formula is C11H15Cl2N2O2+. The lowest BCUT2D eigenvalue weighted by atomic mass is 9.95. The monoisotopic (exact) mass is 277 g/mol. The Morgan fingerprint density at radius 1 is 1.24 bits per heavy atom. The maximum absolute atomic E-state index is 9.70. The van der Waals surface area contributed by atoms with Crippen LogP contribution in [0.4, 0.5) is 0 Å². The van der Waals surface area contributed by atoms with Crippen molar-refractivity contribution in [2.45, 2.75) is 25.9 Å². The molecule has 1 aliphatic carbocycles. The number of fused-ring (bicyclic) bond motifs is 1. The number of hydrazone groups is 1. The number of hydrogen-bond donors (Lipinski definition) is 2. The van der Waals surface area contributed by atoms with E-state index in [1.165, 1.54) is 0 Å². The Bertz CT molecular complexity index is 454. The molecule has 0 aromatic heterocycles. The molecule has 2 N–H and O–H groups in total. The Morgan fingerprint density at radius 2 is 1.76 bits per heavy atom. The molecule has 2 rings (SSSR count). The zero-order valence-electron chi connectivity index (χ0n) is 9.85. The Kier molecular flexibility index (Phi) is 3.04. The van der Waals surface area contributed by atoms with Gasteiger partial charge >= 0.3 is 0 Å². The molecule has 0 aromatic carbocycles. The number of halogens is 2. The zero-order valence-corrected chi connectivity index (χ0v) is 11.4. The second-order valence-electron chi connectivity index (χ2n) is 4.56. The first kappa shape index (κ1) is 12.6. The number of likely N-dealkylation sites (N-methyl/N-ethyl adjacent to an activating group) is 1. The molecule has 0 saturated heterocycles. The maximum atomic E-state index is 9.70. The standard InChI is InChI=1S/C11H14Cl2N2O2/c1-5(2)15-4-6-7(12)10(16)11(17)8(13)9(6)14(15)3/h4-6,9H,1-3H3,(H-,16,17)/p+1. The third kappa shape index (κ3) is 1.70. The smallest absolute Gasteiger partial charge is 0.181 e. The molecule has 17 heavy (non-hydrogen) atoms. The molecule has 2 aliphatic rings. The highest BCUT2D eigenvalue weighted by Gasteiger charge is 2.48. The maximum Gasteiger partial charge on any atom is 0.181 e. The summed E-state index contributed by atoms with van der Waals surface area (Å²) >= 11 is 12.1. The van der Waals surface area contributed by atoms with Crippen molar-refractivity contribution in [3.05, 3.63) is 21.6 Å². The van der Waals surface area contributed by atoms with Crippen molar-refractivity contribution in [1.82, 2.24) is 5.01 Å². The number of hydrazine groups is 1. The van der Waals surface area contributed by atoms with E-state index in [0.29, 0.717) is 0 Å². The molecule has 0 amide bonds. The minimum atomic E-state index is -0.330. The van der Waals surface area contributed by atoms with Crippen molar-refractivity contribution in [2.75, 3.05) is 7.05 Å². The third-order valence-electron chi connectivity index (χ3n) is 3.18. The fourth-order valence-corrected chi connectivity index (χ4v) is 2.95. The van der Waals surface area contributed by atoms with Crippen molar-refractivity contribution < 1.29 is 14.9 Å². The van der Waals surface area contributed by atoms with Gasteiger partial charge in [0.2, 0.25) is 0 Å². The Morgan fingerprint density at radius 3 is 2.29 bits per heavy atom. The highest BCUT2D eigenvalue weighted by Crippen LogP contribution is 2.40. The van der Waals surface area contributed by atoms with E-state index in [4.69, 9.17) is 23.2 Å². The molecule has 0 aromatic rings. The van der Waals surface area contributed by atoms with Gasteiger partial charge in [-0.05, 0) is 13.8 Å². The summed E-state index contributed by atoms with van der Waals surface area (Å²) in [6.45, 7) is 4.08. The van der Waals surface area contributed by atoms with Crippen molar-refractivity contribution in [3.8, 4) is 0 Å². The predicted molar refractivity (Wildman–Crippen MR) is 67.5 cm³/mol. The fourth-order valence-electron chi connectivity index (χ4n) is 2.31. The largest absolute Gasteiger partial charge is 0.503 e. The van der Waals surface area contributed by atoms with E-state index >= 15 is 0 Å². The molecule has 94 valence electrons. The quantitative estimate of drug-likeness (QED) is 0.724. The minimum Gasteiger partial charge on any atom is -0.503 e. The number of rotatable bonds is 1. The SMILES string of the molecule is CC(C)[N+]1=CC2C(Cl)=C(O)C(O)=C(Cl)C2N1C. The molecule has 0 fully saturated rings. The lowest BCUT2D eigenvalue weighted by Crippen LogP contribution is -2.41. The average molecular weight is 278 g/mol. The zero-order chi connectivity index (χ0) is 12.9. The second-order valence-corrected chi connectivity index (χ2v) is 5.37. The highest BCUT2D eigenvalue weighted by atomic mass is 35.5. The van der Waals surface area contributed by atoms with E-state index in [1.54, 1.807) is 0 Å². The van der Waals surface area contributed by atoms with E-state index in [0.717, 1.165) is 0 Å². The van der Waals surface area contributed by atoms with Crippen molar-refractivity contribution in [2.24, 2.45) is 5.92 Å². The predicted octanol–water partition coefficient (Wildman–Crippen LogP) is 2.35. The van der Waals surface area contributed by atoms with Crippen molar-refractivity contribution >= 4 is 29.4 Å². The molecule has 0 radical (unpaired) electrons. The molecule has 0 spiro atoms. The van der Waals surface area contributed by atoms with Gasteiger partial charge in [0.15, 0.2) is 23.8 Å². The topological polar surface area (TPSA) is 46.7 Å². The fraction of sp³-hybridized carbons (Fsp3) is 0.545. The number of nitrogens with zero attached hydrogens (tertiary/aromatic N) is 2. The summed E-state index contributed by atoms with van der Waals surface area (Å²) in [5.41, 5.74) is 0. The van der Waals surface area contributed by atoms with Crippen LogP contribution in [0.15, 0.2) is 21.6 Å². The molecular weight excluding hydrogens is 263 g/mol. The molecule has 6 heteroatoms. The van der Waals surface area contributed by atoms with Crippen LogP contribution in [0.3, 0.4) is 0 Å². The molecule has 2 unspecified atom stereocenters. The van der Waals surface area contributed by atoms with Gasteiger partial charge in [-0.1, -0.05) is 23.2 Å². The number of hydrogen-bond acceptors (Lipinski definition) is 3. The first-order valence-corrected chi connectivity index (χ1v) is 6.15. The molecule has 4 nitrogen and oxygen atoms in total. The van der Waals surface area contributed by atoms with Crippen LogP contribution in [0.25, 0.3) is 0 Å². The van der Waals surface area contributed by atoms with Crippen molar-refractivity contribution in [1.29, 1.82) is 0 Å². The second kappa shape index (κ2) is 4.10. The lowest BCUT2D eigenvalue weighted by molar-refractivity contribution is -0.700. The van der Waals surface area contributed by atoms with E-state index in [1.807, 2.05) is 36.8 Å². The molecule has 0 saturated carbocycles. The highest BCUT2D eigenvalue weighted by molar-refractivity contribution is 6.34. The Labute approximate surface area is 110 Å². The Hall–Kier alpha value is -0.870. The van der Waals surface area contributed by atoms with Crippen LogP contribution in [-0.2, 0) is 0 Å². The minimum absolute atomic E-state index is 0.215. The average Bonchev–Trinajstić information content (AvgIpc) is 2.62. The normalized spacial score (nSPS) is 29.1. The molecule has 2 atom stereocenters. The third-order valence-corrected chi connectivity index (χ3v) is 4.01. The van der Waals surface area contributed by atoms with E-state index < -0.39 is 0 Å². The number of aliphatic hydroxyl groups is 2. The first-order chi connectivity index (χ1) is 7.86. The summed E-state index contributed by atoms with van der Waals surface area (Å²) in [5.74, 6) is -0.871. The van der Waals surface area contributed by atoms with E-state index in [9.17, 15) is 10.2 Å². The van der Waals surface area contributed by atoms with Crippen LogP contribution >= 0.6 is 23.2 Å². The summed E-state index contributed by atoms with van der Waals surface area (Å²) in [6, 6.07) is 0.00582. The lowest BCUT2D eigenvalue weighted by Gasteiger charge is -2.26. The van der Waals surface area contributed by atoms with Crippen LogP contribution in [0.2, 0.25) is 0 Å². The first-order valence-electron chi connectivity index (χ1n) is 5.40. The summed E-state index contributed by atoms with van der Waals surface area (Å²) in [7, 11) is 1.88. The summed E-state index contributed by atoms with van der Waals surface area (Å²) in [4.78, 5) is 0. The van der Waals surface area contributed by atoms with Crippen LogP contribution in [0, 0.1) is 5.92 Å². The number of aliphatic hydroxyl groups excluding tert-OH is 2. The Balaban J connectivity index is 2.50. The van der Waals surface area contributed by atoms with Gasteiger partial charge in [-0.3, -0.25) is 0 Å². The van der Waals surface area contributed by atoms with E-state index in [2.05, 4.69) is 0 Å². The molecule has 1 aliphatic heterocycles. The van der Waals surface area contributed by atoms with Crippen LogP contribution in [-0.4, -0.2) is 45.3 Å². The van der Waals surface area contributed by atoms with Crippen LogP contribution in [0.1, 0.15) is 13.8 Å². The molecule has 0 bridgehead atoms. The van der Waals surface area contributed by atoms with Gasteiger partial charge in [-0.2, -0.15) is 5.01 Å². The van der Waals surface area contributed by atoms with Crippen LogP contribution < -0.4 is 0 Å². The van der Waals surface area contributed by atoms with Gasteiger partial charge in [0.05, 0.1) is 17.1 Å². The summed E-state index contributed by atoms with van der Waals surface area (Å²) in [6.07, 6.45) is 1.92. The summed E-state index contributed by atoms with van der Waals surface area (Å²) < 4.78 is 1.99. The van der Waals surface area contributed by atoms with Gasteiger partial charge in [0.1, 0.15) is 12.0 Å². The van der Waals surface area contributed by atoms with Gasteiger partial charge in [-0.15, -0.1) is 4.68 Å². The van der Waals surface area contributed by atoms with Gasteiger partial charge < -0.3 is 10.2 Å². The van der Waals surface area contributed by atoms with Gasteiger partial charge in [0, 0.05) is 0 Å². The summed E-state index contributed by atoms with van der Waals surface area (Å²) in [5, 5.41) is 21.7. The molecule has 1 heterocycles.